The van der Waals surface area contributed by atoms with Crippen molar-refractivity contribution in [1.29, 1.82) is 5.26 Å². The molecule has 76 heavy (non-hydrogen) atoms. The maximum Gasteiger partial charge on any atom is 0.138 e. The van der Waals surface area contributed by atoms with E-state index in [4.69, 9.17) is 4.98 Å². The quantitative estimate of drug-likeness (QED) is 0.160. The molecule has 4 heteroatoms. The van der Waals surface area contributed by atoms with E-state index in [1.54, 1.807) is 0 Å². The van der Waals surface area contributed by atoms with E-state index < -0.39 is 0 Å². The Kier molecular flexibility index (Phi) is 11.6. The van der Waals surface area contributed by atoms with Crippen LogP contribution in [-0.2, 0) is 0 Å². The molecule has 0 N–H and O–H groups in total. The van der Waals surface area contributed by atoms with Crippen LogP contribution >= 0.6 is 0 Å². The Bertz CT molecular complexity index is 4160. The Balaban J connectivity index is 1.14. The van der Waals surface area contributed by atoms with E-state index in [1.165, 1.54) is 133 Å². The Morgan fingerprint density at radius 1 is 0.342 bits per heavy atom. The first-order valence-corrected chi connectivity index (χ1v) is 26.6. The summed E-state index contributed by atoms with van der Waals surface area (Å²) in [4.78, 5) is 5.53. The molecule has 3 aromatic heterocycles. The van der Waals surface area contributed by atoms with Crippen molar-refractivity contribution >= 4 is 43.6 Å². The summed E-state index contributed by atoms with van der Waals surface area (Å²) in [6, 6.07) is 58.9. The maximum absolute atomic E-state index is 10.4. The van der Waals surface area contributed by atoms with Crippen LogP contribution < -0.4 is 0 Å². The van der Waals surface area contributed by atoms with Gasteiger partial charge in [0, 0.05) is 27.1 Å². The van der Waals surface area contributed by atoms with E-state index in [0.717, 1.165) is 44.7 Å². The zero-order valence-corrected chi connectivity index (χ0v) is 45.8. The van der Waals surface area contributed by atoms with Crippen LogP contribution in [0.3, 0.4) is 0 Å². The summed E-state index contributed by atoms with van der Waals surface area (Å²) in [5.41, 5.74) is 32.9. The molecule has 0 amide bonds. The molecule has 0 aliphatic heterocycles. The molecule has 12 aromatic rings. The van der Waals surface area contributed by atoms with Gasteiger partial charge in [-0.05, 0) is 244 Å². The van der Waals surface area contributed by atoms with Crippen molar-refractivity contribution in [2.45, 2.75) is 83.1 Å². The van der Waals surface area contributed by atoms with Gasteiger partial charge in [-0.2, -0.15) is 5.26 Å². The normalized spacial score (nSPS) is 11.7. The topological polar surface area (TPSA) is 46.5 Å². The van der Waals surface area contributed by atoms with E-state index >= 15 is 0 Å². The van der Waals surface area contributed by atoms with E-state index in [0.29, 0.717) is 5.56 Å². The molecule has 0 atom stereocenters. The number of rotatable bonds is 7. The predicted molar refractivity (Wildman–Crippen MR) is 322 cm³/mol. The summed E-state index contributed by atoms with van der Waals surface area (Å²) in [5, 5.41) is 15.0. The summed E-state index contributed by atoms with van der Waals surface area (Å²) < 4.78 is 4.74. The van der Waals surface area contributed by atoms with Gasteiger partial charge in [-0.3, -0.25) is 4.57 Å². The highest BCUT2D eigenvalue weighted by Gasteiger charge is 2.23. The second-order valence-corrected chi connectivity index (χ2v) is 21.9. The number of aromatic nitrogens is 3. The first-order chi connectivity index (χ1) is 36.5. The Morgan fingerprint density at radius 2 is 0.671 bits per heavy atom. The third-order valence-corrected chi connectivity index (χ3v) is 16.0. The predicted octanol–water partition coefficient (Wildman–Crippen LogP) is 19.2. The molecule has 0 saturated carbocycles. The SMILES string of the molecule is Cc1cc(C)c(-c2ccc3c(c2)c2cc(-c4c(C)cc(C)cc4C)ccc2n3-c2cc(-c3cccc(C#N)c3)c(-n3c4ccc(-c5c(C)cc(C)cc5C)cc4c4cc(-c5c(C)cc(C)cc5C)ccc43)cn2)c(C)c1. The summed E-state index contributed by atoms with van der Waals surface area (Å²) in [6.07, 6.45) is 2.06. The molecule has 0 fully saturated rings. The van der Waals surface area contributed by atoms with E-state index in [9.17, 15) is 5.26 Å². The summed E-state index contributed by atoms with van der Waals surface area (Å²) >= 11 is 0. The van der Waals surface area contributed by atoms with Gasteiger partial charge in [0.15, 0.2) is 0 Å². The van der Waals surface area contributed by atoms with Crippen LogP contribution in [-0.4, -0.2) is 14.1 Å². The van der Waals surface area contributed by atoms with Crippen LogP contribution in [0.1, 0.15) is 72.3 Å². The van der Waals surface area contributed by atoms with Crippen molar-refractivity contribution in [2.75, 3.05) is 0 Å². The Hall–Kier alpha value is -8.78. The fourth-order valence-electron chi connectivity index (χ4n) is 13.4. The molecular formula is C72H62N4. The second-order valence-electron chi connectivity index (χ2n) is 21.9. The van der Waals surface area contributed by atoms with Gasteiger partial charge in [0.25, 0.3) is 0 Å². The molecule has 0 unspecified atom stereocenters. The molecule has 12 rings (SSSR count). The first kappa shape index (κ1) is 48.2. The Morgan fingerprint density at radius 3 is 1.00 bits per heavy atom. The molecule has 0 saturated heterocycles. The minimum atomic E-state index is 0.603. The molecular weight excluding hydrogens is 921 g/mol. The van der Waals surface area contributed by atoms with Crippen LogP contribution in [0.15, 0.2) is 158 Å². The second kappa shape index (κ2) is 18.3. The number of pyridine rings is 1. The van der Waals surface area contributed by atoms with Crippen LogP contribution in [0.4, 0.5) is 0 Å². The number of nitriles is 1. The molecule has 0 bridgehead atoms. The van der Waals surface area contributed by atoms with Crippen molar-refractivity contribution in [3.8, 4) is 73.2 Å². The number of nitrogens with zero attached hydrogens (tertiary/aromatic N) is 4. The van der Waals surface area contributed by atoms with Gasteiger partial charge < -0.3 is 4.57 Å². The number of hydrogen-bond acceptors (Lipinski definition) is 2. The lowest BCUT2D eigenvalue weighted by Gasteiger charge is -2.17. The molecule has 3 heterocycles. The molecule has 0 radical (unpaired) electrons. The van der Waals surface area contributed by atoms with Gasteiger partial charge in [0.2, 0.25) is 0 Å². The van der Waals surface area contributed by atoms with Gasteiger partial charge >= 0.3 is 0 Å². The van der Waals surface area contributed by atoms with Crippen LogP contribution in [0.25, 0.3) is 111 Å². The summed E-state index contributed by atoms with van der Waals surface area (Å²) in [6.45, 7) is 26.5. The molecule has 0 spiro atoms. The molecule has 0 aliphatic carbocycles. The Labute approximate surface area is 447 Å². The van der Waals surface area contributed by atoms with Gasteiger partial charge in [-0.1, -0.05) is 107 Å². The highest BCUT2D eigenvalue weighted by molar-refractivity contribution is 6.14. The number of fused-ring (bicyclic) bond motifs is 6. The van der Waals surface area contributed by atoms with Crippen molar-refractivity contribution in [3.05, 3.63) is 230 Å². The lowest BCUT2D eigenvalue weighted by atomic mass is 9.91. The van der Waals surface area contributed by atoms with Gasteiger partial charge in [0.05, 0.1) is 45.6 Å². The van der Waals surface area contributed by atoms with Crippen molar-refractivity contribution < 1.29 is 0 Å². The van der Waals surface area contributed by atoms with Crippen molar-refractivity contribution in [2.24, 2.45) is 0 Å². The maximum atomic E-state index is 10.4. The molecule has 0 aliphatic rings. The standard InChI is InChI=1S/C72H62N4/c1-40-24-44(5)69(45(6)25-40)54-16-20-63-59(33-54)60-34-55(70-46(7)26-41(2)27-47(70)8)17-21-64(60)75(63)67-39-74-68(37-58(67)53-15-13-14-52(32-53)38-73)76-65-22-18-56(71-48(9)28-42(3)29-49(71)10)35-61(65)62-36-57(19-23-66(62)76)72-50(11)30-43(4)31-51(72)12/h13-37,39H,1-12H3. The van der Waals surface area contributed by atoms with E-state index in [-0.39, 0.29) is 0 Å². The molecule has 4 nitrogen and oxygen atoms in total. The zero-order chi connectivity index (χ0) is 53.0. The van der Waals surface area contributed by atoms with Gasteiger partial charge in [-0.15, -0.1) is 0 Å². The van der Waals surface area contributed by atoms with Crippen molar-refractivity contribution in [3.63, 3.8) is 0 Å². The number of benzene rings is 9. The average Bonchev–Trinajstić information content (AvgIpc) is 4.01. The third-order valence-electron chi connectivity index (χ3n) is 16.0. The third kappa shape index (κ3) is 7.93. The fourth-order valence-corrected chi connectivity index (χ4v) is 13.4. The lowest BCUT2D eigenvalue weighted by molar-refractivity contribution is 1.06. The van der Waals surface area contributed by atoms with Crippen LogP contribution in [0.5, 0.6) is 0 Å². The first-order valence-electron chi connectivity index (χ1n) is 26.6. The number of hydrogen-bond donors (Lipinski definition) is 0. The van der Waals surface area contributed by atoms with Crippen molar-refractivity contribution in [1.82, 2.24) is 14.1 Å². The lowest BCUT2D eigenvalue weighted by Crippen LogP contribution is -2.03. The minimum Gasteiger partial charge on any atom is -0.307 e. The van der Waals surface area contributed by atoms with Crippen LogP contribution in [0, 0.1) is 94.4 Å². The summed E-state index contributed by atoms with van der Waals surface area (Å²) in [5.74, 6) is 0.799. The van der Waals surface area contributed by atoms with Gasteiger partial charge in [-0.25, -0.2) is 4.98 Å². The number of aryl methyl sites for hydroxylation is 12. The highest BCUT2D eigenvalue weighted by Crippen LogP contribution is 2.44. The summed E-state index contributed by atoms with van der Waals surface area (Å²) in [7, 11) is 0. The zero-order valence-electron chi connectivity index (χ0n) is 45.8. The molecule has 370 valence electrons. The van der Waals surface area contributed by atoms with E-state index in [1.807, 2.05) is 18.2 Å². The monoisotopic (exact) mass is 982 g/mol. The van der Waals surface area contributed by atoms with Gasteiger partial charge in [0.1, 0.15) is 5.82 Å². The average molecular weight is 983 g/mol. The minimum absolute atomic E-state index is 0.603. The van der Waals surface area contributed by atoms with E-state index in [2.05, 4.69) is 238 Å². The highest BCUT2D eigenvalue weighted by atomic mass is 15.1. The fraction of sp³-hybridized carbons (Fsp3) is 0.167. The molecule has 9 aromatic carbocycles. The van der Waals surface area contributed by atoms with Crippen LogP contribution in [0.2, 0.25) is 0 Å². The smallest absolute Gasteiger partial charge is 0.138 e. The largest absolute Gasteiger partial charge is 0.307 e.